The predicted molar refractivity (Wildman–Crippen MR) is 145 cm³/mol. The van der Waals surface area contributed by atoms with Gasteiger partial charge in [-0.15, -0.1) is 0 Å². The van der Waals surface area contributed by atoms with E-state index in [0.717, 1.165) is 34.0 Å². The van der Waals surface area contributed by atoms with Gasteiger partial charge in [-0.2, -0.15) is 0 Å². The first-order valence-corrected chi connectivity index (χ1v) is 12.3. The minimum atomic E-state index is -1.08. The number of nitrogen functional groups attached to an aromatic ring is 1. The Morgan fingerprint density at radius 1 is 1.03 bits per heavy atom. The van der Waals surface area contributed by atoms with Crippen LogP contribution in [0, 0.1) is 12.7 Å². The Bertz CT molecular complexity index is 1410. The van der Waals surface area contributed by atoms with Gasteiger partial charge in [-0.25, -0.2) is 9.37 Å². The molecule has 0 saturated carbocycles. The average Bonchev–Trinajstić information content (AvgIpc) is 3.24. The molecular formula is C29H31FN6O. The summed E-state index contributed by atoms with van der Waals surface area (Å²) in [5.74, 6) is 1.13. The van der Waals surface area contributed by atoms with Crippen LogP contribution in [-0.2, 0) is 24.3 Å². The zero-order valence-electron chi connectivity index (χ0n) is 21.0. The molecule has 0 radical (unpaired) electrons. The van der Waals surface area contributed by atoms with Crippen molar-refractivity contribution in [2.24, 2.45) is 5.73 Å². The number of aromatic nitrogens is 2. The molecular weight excluding hydrogens is 467 g/mol. The molecule has 1 amide bonds. The number of anilines is 3. The lowest BCUT2D eigenvalue weighted by Crippen LogP contribution is -2.56. The van der Waals surface area contributed by atoms with Crippen molar-refractivity contribution in [3.05, 3.63) is 95.6 Å². The summed E-state index contributed by atoms with van der Waals surface area (Å²) in [4.78, 5) is 20.2. The Morgan fingerprint density at radius 3 is 2.38 bits per heavy atom. The first kappa shape index (κ1) is 24.5. The number of rotatable bonds is 6. The lowest BCUT2D eigenvalue weighted by Gasteiger charge is -2.35. The first-order chi connectivity index (χ1) is 17.7. The van der Waals surface area contributed by atoms with Crippen LogP contribution in [0.1, 0.15) is 23.9 Å². The fourth-order valence-corrected chi connectivity index (χ4v) is 4.71. The number of nitrogens with zero attached hydrogens (tertiary/aromatic N) is 3. The van der Waals surface area contributed by atoms with Crippen LogP contribution >= 0.6 is 0 Å². The third-order valence-electron chi connectivity index (χ3n) is 6.73. The number of amides is 1. The van der Waals surface area contributed by atoms with E-state index in [4.69, 9.17) is 16.5 Å². The lowest BCUT2D eigenvalue weighted by molar-refractivity contribution is -0.138. The zero-order valence-corrected chi connectivity index (χ0v) is 21.0. The van der Waals surface area contributed by atoms with Crippen LogP contribution in [0.3, 0.4) is 0 Å². The molecule has 5 rings (SSSR count). The Labute approximate surface area is 215 Å². The van der Waals surface area contributed by atoms with Gasteiger partial charge in [0.2, 0.25) is 5.91 Å². The molecule has 0 saturated heterocycles. The molecule has 37 heavy (non-hydrogen) atoms. The lowest BCUT2D eigenvalue weighted by atomic mass is 9.92. The van der Waals surface area contributed by atoms with Crippen molar-refractivity contribution in [1.29, 1.82) is 0 Å². The number of nitrogens with one attached hydrogen (secondary N) is 1. The van der Waals surface area contributed by atoms with E-state index in [2.05, 4.69) is 9.88 Å². The van der Waals surface area contributed by atoms with Gasteiger partial charge in [0.15, 0.2) is 0 Å². The molecule has 2 heterocycles. The normalized spacial score (nSPS) is 14.6. The smallest absolute Gasteiger partial charge is 0.243 e. The number of fused-ring (bicyclic) bond motifs is 1. The number of aryl methyl sites for hydroxylation is 1. The van der Waals surface area contributed by atoms with E-state index >= 15 is 0 Å². The second-order valence-corrected chi connectivity index (χ2v) is 9.94. The second-order valence-electron chi connectivity index (χ2n) is 9.94. The maximum atomic E-state index is 13.6. The van der Waals surface area contributed by atoms with E-state index in [1.165, 1.54) is 12.1 Å². The Hall–Kier alpha value is -4.17. The van der Waals surface area contributed by atoms with Crippen molar-refractivity contribution in [3.63, 3.8) is 0 Å². The maximum Gasteiger partial charge on any atom is 0.243 e. The van der Waals surface area contributed by atoms with Crippen LogP contribution in [0.25, 0.3) is 11.3 Å². The molecule has 3 aromatic carbocycles. The number of carbonyl (C=O) groups excluding carboxylic acids is 1. The highest BCUT2D eigenvalue weighted by atomic mass is 19.1. The summed E-state index contributed by atoms with van der Waals surface area (Å²) in [6.07, 6.45) is 0.401. The summed E-state index contributed by atoms with van der Waals surface area (Å²) in [6.45, 7) is 5.19. The molecule has 0 spiro atoms. The van der Waals surface area contributed by atoms with Crippen molar-refractivity contribution < 1.29 is 9.18 Å². The van der Waals surface area contributed by atoms with Gasteiger partial charge in [0.1, 0.15) is 23.2 Å². The van der Waals surface area contributed by atoms with E-state index in [1.807, 2.05) is 55.5 Å². The highest BCUT2D eigenvalue weighted by Crippen LogP contribution is 2.34. The van der Waals surface area contributed by atoms with Crippen LogP contribution in [0.5, 0.6) is 0 Å². The van der Waals surface area contributed by atoms with E-state index in [9.17, 15) is 9.18 Å². The zero-order chi connectivity index (χ0) is 26.2. The number of nitrogens with two attached hydrogens (primary N) is 2. The van der Waals surface area contributed by atoms with Crippen molar-refractivity contribution in [2.75, 3.05) is 17.6 Å². The molecule has 1 aliphatic heterocycles. The Morgan fingerprint density at radius 2 is 1.70 bits per heavy atom. The molecule has 1 atom stereocenters. The van der Waals surface area contributed by atoms with Gasteiger partial charge in [-0.3, -0.25) is 4.79 Å². The Balaban J connectivity index is 1.43. The number of hydrogen-bond acceptors (Lipinski definition) is 5. The predicted octanol–water partition coefficient (Wildman–Crippen LogP) is 4.63. The van der Waals surface area contributed by atoms with Crippen LogP contribution in [0.4, 0.5) is 21.6 Å². The van der Waals surface area contributed by atoms with Crippen molar-refractivity contribution in [1.82, 2.24) is 14.5 Å². The van der Waals surface area contributed by atoms with E-state index in [0.29, 0.717) is 37.4 Å². The van der Waals surface area contributed by atoms with Gasteiger partial charge < -0.3 is 26.3 Å². The largest absolute Gasteiger partial charge is 0.399 e. The summed E-state index contributed by atoms with van der Waals surface area (Å²) >= 11 is 0. The van der Waals surface area contributed by atoms with Crippen LogP contribution in [0.2, 0.25) is 0 Å². The summed E-state index contributed by atoms with van der Waals surface area (Å²) in [5.41, 5.74) is 16.5. The minimum absolute atomic E-state index is 0.130. The maximum absolute atomic E-state index is 13.6. The standard InChI is InChI=1S/C29H31FN6O/c1-19-3-13-24(14-4-19)33-27-26(21-7-9-22(30)10-8-21)34-25-18-35(15-16-36(25)27)28(37)29(2,32)17-20-5-11-23(31)12-6-20/h3-14,33H,15-18,31-32H2,1-2H3/t29-/m1/s1. The minimum Gasteiger partial charge on any atom is -0.399 e. The Kier molecular flexibility index (Phi) is 6.43. The molecule has 0 unspecified atom stereocenters. The number of benzene rings is 3. The van der Waals surface area contributed by atoms with Crippen molar-refractivity contribution in [2.45, 2.75) is 38.9 Å². The third kappa shape index (κ3) is 5.20. The molecule has 1 aromatic heterocycles. The van der Waals surface area contributed by atoms with Crippen LogP contribution in [-0.4, -0.2) is 32.4 Å². The van der Waals surface area contributed by atoms with Crippen LogP contribution < -0.4 is 16.8 Å². The van der Waals surface area contributed by atoms with Gasteiger partial charge in [0, 0.05) is 30.0 Å². The average molecular weight is 499 g/mol. The summed E-state index contributed by atoms with van der Waals surface area (Å²) in [5, 5.41) is 3.50. The number of carbonyl (C=O) groups is 1. The molecule has 0 fully saturated rings. The quantitative estimate of drug-likeness (QED) is 0.337. The van der Waals surface area contributed by atoms with Gasteiger partial charge in [-0.05, 0) is 74.4 Å². The molecule has 0 bridgehead atoms. The van der Waals surface area contributed by atoms with E-state index in [-0.39, 0.29) is 11.7 Å². The summed E-state index contributed by atoms with van der Waals surface area (Å²) in [7, 11) is 0. The highest BCUT2D eigenvalue weighted by Gasteiger charge is 2.36. The van der Waals surface area contributed by atoms with E-state index < -0.39 is 5.54 Å². The first-order valence-electron chi connectivity index (χ1n) is 12.3. The highest BCUT2D eigenvalue weighted by molar-refractivity contribution is 5.86. The van der Waals surface area contributed by atoms with Crippen LogP contribution in [0.15, 0.2) is 72.8 Å². The molecule has 8 heteroatoms. The van der Waals surface area contributed by atoms with Crippen molar-refractivity contribution >= 4 is 23.1 Å². The number of imidazole rings is 1. The molecule has 190 valence electrons. The summed E-state index contributed by atoms with van der Waals surface area (Å²) < 4.78 is 15.7. The molecule has 1 aliphatic rings. The monoisotopic (exact) mass is 498 g/mol. The topological polar surface area (TPSA) is 102 Å². The number of halogens is 1. The SMILES string of the molecule is Cc1ccc(Nc2c(-c3ccc(F)cc3)nc3n2CCN(C(=O)[C@](C)(N)Cc2ccc(N)cc2)C3)cc1. The molecule has 5 N–H and O–H groups in total. The molecule has 4 aromatic rings. The van der Waals surface area contributed by atoms with E-state index in [1.54, 1.807) is 24.0 Å². The third-order valence-corrected chi connectivity index (χ3v) is 6.73. The molecule has 7 nitrogen and oxygen atoms in total. The van der Waals surface area contributed by atoms with Gasteiger partial charge in [0.05, 0.1) is 12.1 Å². The van der Waals surface area contributed by atoms with Gasteiger partial charge >= 0.3 is 0 Å². The number of hydrogen-bond donors (Lipinski definition) is 3. The fourth-order valence-electron chi connectivity index (χ4n) is 4.71. The fraction of sp³-hybridized carbons (Fsp3) is 0.241. The van der Waals surface area contributed by atoms with Crippen molar-refractivity contribution in [3.8, 4) is 11.3 Å². The second kappa shape index (κ2) is 9.71. The summed E-state index contributed by atoms with van der Waals surface area (Å²) in [6, 6.07) is 21.8. The molecule has 0 aliphatic carbocycles. The van der Waals surface area contributed by atoms with Gasteiger partial charge in [-0.1, -0.05) is 29.8 Å². The van der Waals surface area contributed by atoms with Gasteiger partial charge in [0.25, 0.3) is 0 Å².